The molecule has 0 heterocycles. The number of halogens is 2. The van der Waals surface area contributed by atoms with Crippen LogP contribution in [0.5, 0.6) is 5.75 Å². The van der Waals surface area contributed by atoms with Crippen molar-refractivity contribution in [2.24, 2.45) is 0 Å². The Morgan fingerprint density at radius 1 is 0.968 bits per heavy atom. The second-order valence-electron chi connectivity index (χ2n) is 6.08. The largest absolute Gasteiger partial charge is 1.00 e. The van der Waals surface area contributed by atoms with Gasteiger partial charge in [0.15, 0.2) is 0 Å². The number of carbonyl (C=O) groups is 2. The molecule has 3 rings (SSSR count). The van der Waals surface area contributed by atoms with Crippen LogP contribution in [0.25, 0.3) is 0 Å². The summed E-state index contributed by atoms with van der Waals surface area (Å²) in [5, 5.41) is 14.6. The number of thioether (sulfide) groups is 1. The van der Waals surface area contributed by atoms with Gasteiger partial charge in [0.1, 0.15) is 5.75 Å². The van der Waals surface area contributed by atoms with E-state index in [1.165, 1.54) is 30.3 Å². The number of carbonyl (C=O) groups excluding carboxylic acids is 2. The fourth-order valence-electron chi connectivity index (χ4n) is 2.59. The van der Waals surface area contributed by atoms with Crippen molar-refractivity contribution in [1.29, 1.82) is 0 Å². The third-order valence-electron chi connectivity index (χ3n) is 4.00. The molecule has 0 saturated heterocycles. The second-order valence-corrected chi connectivity index (χ2v) is 8.10. The van der Waals surface area contributed by atoms with Crippen molar-refractivity contribution in [3.63, 3.8) is 0 Å². The third-order valence-corrected chi connectivity index (χ3v) is 5.52. The minimum absolute atomic E-state index is 0. The molecule has 0 unspecified atom stereocenters. The number of ether oxygens (including phenoxy) is 1. The summed E-state index contributed by atoms with van der Waals surface area (Å²) < 4.78 is 5.64. The van der Waals surface area contributed by atoms with Gasteiger partial charge in [-0.25, -0.2) is 0 Å². The van der Waals surface area contributed by atoms with E-state index in [9.17, 15) is 14.7 Å². The fraction of sp³-hybridized carbons (Fsp3) is 0.0909. The van der Waals surface area contributed by atoms with Crippen LogP contribution in [-0.4, -0.2) is 24.2 Å². The number of nitrogens with one attached hydrogen (secondary N) is 1. The molecule has 0 aliphatic rings. The summed E-state index contributed by atoms with van der Waals surface area (Å²) in [5.74, 6) is -0.938. The number of aromatic carboxylic acids is 1. The Hall–Kier alpha value is -2.07. The molecule has 0 aliphatic heterocycles. The number of carboxylic acid groups (broad SMARTS) is 1. The number of hydrogen-bond donors (Lipinski definition) is 1. The second kappa shape index (κ2) is 12.1. The van der Waals surface area contributed by atoms with Crippen LogP contribution in [0, 0.1) is 0 Å². The maximum Gasteiger partial charge on any atom is 1.00 e. The monoisotopic (exact) mass is 467 g/mol. The average Bonchev–Trinajstić information content (AvgIpc) is 2.72. The number of hydrogen-bond acceptors (Lipinski definition) is 5. The van der Waals surface area contributed by atoms with E-state index < -0.39 is 11.9 Å². The van der Waals surface area contributed by atoms with Crippen molar-refractivity contribution in [2.75, 3.05) is 17.7 Å². The van der Waals surface area contributed by atoms with Gasteiger partial charge in [0.2, 0.25) is 0 Å². The maximum absolute atomic E-state index is 12.5. The smallest absolute Gasteiger partial charge is 0.545 e. The van der Waals surface area contributed by atoms with E-state index in [1.54, 1.807) is 17.8 Å². The number of carboxylic acids is 1. The van der Waals surface area contributed by atoms with E-state index in [0.717, 1.165) is 4.90 Å². The molecule has 1 amide bonds. The molecule has 0 fully saturated rings. The quantitative estimate of drug-likeness (QED) is 0.310. The molecule has 0 radical (unpaired) electrons. The van der Waals surface area contributed by atoms with Gasteiger partial charge in [-0.15, -0.1) is 11.8 Å². The van der Waals surface area contributed by atoms with Gasteiger partial charge in [-0.3, -0.25) is 4.79 Å². The van der Waals surface area contributed by atoms with Crippen LogP contribution in [0.4, 0.5) is 5.69 Å². The van der Waals surface area contributed by atoms with Gasteiger partial charge in [0.05, 0.1) is 28.8 Å². The Labute approximate surface area is 206 Å². The number of anilines is 1. The molecule has 3 aromatic carbocycles. The van der Waals surface area contributed by atoms with Crippen molar-refractivity contribution < 1.29 is 38.3 Å². The van der Waals surface area contributed by atoms with Gasteiger partial charge >= 0.3 is 18.9 Å². The fourth-order valence-corrected chi connectivity index (χ4v) is 3.84. The summed E-state index contributed by atoms with van der Waals surface area (Å²) in [7, 11) is 0. The minimum Gasteiger partial charge on any atom is -0.545 e. The Bertz CT molecular complexity index is 1070. The summed E-state index contributed by atoms with van der Waals surface area (Å²) >= 11 is 13.5. The summed E-state index contributed by atoms with van der Waals surface area (Å²) in [6.45, 7) is 0.387. The molecule has 5 nitrogen and oxygen atoms in total. The van der Waals surface area contributed by atoms with Crippen LogP contribution >= 0.6 is 35.0 Å². The van der Waals surface area contributed by atoms with E-state index in [0.29, 0.717) is 23.1 Å². The number of amides is 1. The van der Waals surface area contributed by atoms with Gasteiger partial charge in [-0.2, -0.15) is 0 Å². The van der Waals surface area contributed by atoms with Gasteiger partial charge in [0, 0.05) is 21.2 Å². The summed E-state index contributed by atoms with van der Waals surface area (Å²) in [4.78, 5) is 25.1. The zero-order chi connectivity index (χ0) is 21.5. The van der Waals surface area contributed by atoms with Crippen molar-refractivity contribution in [3.05, 3.63) is 87.9 Å². The third kappa shape index (κ3) is 7.24. The molecule has 3 aromatic rings. The topological polar surface area (TPSA) is 78.5 Å². The SMILES string of the molecule is O=C(Nc1ccc(OCCSc2ccccc2)cc1C(=O)[O-])c1ccc(Cl)cc1Cl.[Li+]. The van der Waals surface area contributed by atoms with Gasteiger partial charge < -0.3 is 20.0 Å². The molecule has 0 atom stereocenters. The molecule has 0 bridgehead atoms. The van der Waals surface area contributed by atoms with Crippen LogP contribution in [0.15, 0.2) is 71.6 Å². The first-order chi connectivity index (χ1) is 14.4. The average molecular weight is 468 g/mol. The molecule has 0 saturated carbocycles. The number of benzene rings is 3. The molecule has 0 spiro atoms. The summed E-state index contributed by atoms with van der Waals surface area (Å²) in [6.07, 6.45) is 0. The predicted octanol–water partition coefficient (Wildman–Crippen LogP) is 1.78. The van der Waals surface area contributed by atoms with Crippen LogP contribution in [0.2, 0.25) is 10.0 Å². The van der Waals surface area contributed by atoms with Crippen molar-refractivity contribution >= 4 is 52.5 Å². The number of rotatable bonds is 8. The Morgan fingerprint density at radius 3 is 2.39 bits per heavy atom. The van der Waals surface area contributed by atoms with Crippen LogP contribution in [-0.2, 0) is 0 Å². The molecule has 0 aliphatic carbocycles. The van der Waals surface area contributed by atoms with E-state index >= 15 is 0 Å². The molecular weight excluding hydrogens is 452 g/mol. The zero-order valence-corrected chi connectivity index (χ0v) is 18.9. The Kier molecular flexibility index (Phi) is 9.82. The van der Waals surface area contributed by atoms with Crippen LogP contribution in [0.3, 0.4) is 0 Å². The molecule has 1 N–H and O–H groups in total. The van der Waals surface area contributed by atoms with E-state index in [2.05, 4.69) is 5.32 Å². The first-order valence-electron chi connectivity index (χ1n) is 8.86. The first-order valence-corrected chi connectivity index (χ1v) is 10.6. The van der Waals surface area contributed by atoms with Gasteiger partial charge in [-0.05, 0) is 48.5 Å². The molecule has 154 valence electrons. The minimum atomic E-state index is -1.43. The van der Waals surface area contributed by atoms with Crippen molar-refractivity contribution in [1.82, 2.24) is 0 Å². The van der Waals surface area contributed by atoms with E-state index in [4.69, 9.17) is 27.9 Å². The molecular formula is C22H16Cl2LiNO4S. The zero-order valence-electron chi connectivity index (χ0n) is 16.6. The normalized spacial score (nSPS) is 10.1. The van der Waals surface area contributed by atoms with Crippen LogP contribution in [0.1, 0.15) is 20.7 Å². The van der Waals surface area contributed by atoms with Crippen molar-refractivity contribution in [3.8, 4) is 5.75 Å². The first kappa shape index (κ1) is 25.2. The van der Waals surface area contributed by atoms with Crippen LogP contribution < -0.4 is 34.0 Å². The standard InChI is InChI=1S/C22H17Cl2NO4S.Li/c23-14-6-8-17(19(24)12-14)21(26)25-20-9-7-15(13-18(20)22(27)28)29-10-11-30-16-4-2-1-3-5-16;/h1-9,12-13H,10-11H2,(H,25,26)(H,27,28);/q;+1/p-1. The van der Waals surface area contributed by atoms with Gasteiger partial charge in [0.25, 0.3) is 5.91 Å². The van der Waals surface area contributed by atoms with E-state index in [1.807, 2.05) is 30.3 Å². The Balaban J connectivity index is 0.00000341. The predicted molar refractivity (Wildman–Crippen MR) is 118 cm³/mol. The van der Waals surface area contributed by atoms with Gasteiger partial charge in [-0.1, -0.05) is 41.4 Å². The van der Waals surface area contributed by atoms with E-state index in [-0.39, 0.29) is 40.7 Å². The maximum atomic E-state index is 12.5. The molecule has 31 heavy (non-hydrogen) atoms. The van der Waals surface area contributed by atoms with Crippen molar-refractivity contribution in [2.45, 2.75) is 4.90 Å². The molecule has 9 heteroatoms. The summed E-state index contributed by atoms with van der Waals surface area (Å²) in [5.41, 5.74) is 0.0577. The molecule has 0 aromatic heterocycles. The Morgan fingerprint density at radius 2 is 1.71 bits per heavy atom. The summed E-state index contributed by atoms with van der Waals surface area (Å²) in [6, 6.07) is 18.6.